The standard InChI is InChI=1S/C39H71O9P/c1-3-5-7-9-11-13-15-16-17-18-19-20-21-23-25-27-29-31-39(42)48-38(36-47-49(43,44)46-34-37(41)33-40)35-45-32-30-28-26-24-22-14-12-10-8-6-4-2/h5,7,11,13,16-17,19-20,37-38,40-41H,3-4,6,8-10,12,14-15,18,21-36H2,1-2H3,(H,43,44)/b7-5-,13-11-,17-16-,20-19-. The van der Waals surface area contributed by atoms with Gasteiger partial charge in [0.15, 0.2) is 0 Å². The second-order valence-electron chi connectivity index (χ2n) is 12.6. The molecular weight excluding hydrogens is 643 g/mol. The highest BCUT2D eigenvalue weighted by atomic mass is 31.2. The van der Waals surface area contributed by atoms with E-state index in [1.54, 1.807) is 0 Å². The fourth-order valence-electron chi connectivity index (χ4n) is 4.87. The van der Waals surface area contributed by atoms with Gasteiger partial charge in [0.05, 0.1) is 26.4 Å². The van der Waals surface area contributed by atoms with Crippen LogP contribution in [-0.2, 0) is 27.9 Å². The molecule has 0 aromatic heterocycles. The minimum Gasteiger partial charge on any atom is -0.457 e. The monoisotopic (exact) mass is 714 g/mol. The van der Waals surface area contributed by atoms with Crippen LogP contribution < -0.4 is 0 Å². The van der Waals surface area contributed by atoms with E-state index in [4.69, 9.17) is 23.6 Å². The molecule has 49 heavy (non-hydrogen) atoms. The lowest BCUT2D eigenvalue weighted by Crippen LogP contribution is -2.29. The zero-order valence-electron chi connectivity index (χ0n) is 30.9. The molecule has 10 heteroatoms. The molecule has 0 aromatic rings. The van der Waals surface area contributed by atoms with Gasteiger partial charge in [0.25, 0.3) is 0 Å². The van der Waals surface area contributed by atoms with E-state index in [2.05, 4.69) is 62.5 Å². The number of unbranched alkanes of at least 4 members (excludes halogenated alkanes) is 14. The summed E-state index contributed by atoms with van der Waals surface area (Å²) in [5.41, 5.74) is 0. The zero-order valence-corrected chi connectivity index (χ0v) is 31.8. The van der Waals surface area contributed by atoms with Gasteiger partial charge in [-0.1, -0.05) is 140 Å². The minimum atomic E-state index is -4.52. The summed E-state index contributed by atoms with van der Waals surface area (Å²) in [7, 11) is -4.52. The van der Waals surface area contributed by atoms with Crippen molar-refractivity contribution in [3.05, 3.63) is 48.6 Å². The van der Waals surface area contributed by atoms with E-state index in [0.717, 1.165) is 70.6 Å². The summed E-state index contributed by atoms with van der Waals surface area (Å²) in [4.78, 5) is 22.5. The van der Waals surface area contributed by atoms with Crippen LogP contribution in [0, 0.1) is 0 Å². The van der Waals surface area contributed by atoms with Crippen molar-refractivity contribution in [1.29, 1.82) is 0 Å². The van der Waals surface area contributed by atoms with Crippen molar-refractivity contribution >= 4 is 13.8 Å². The summed E-state index contributed by atoms with van der Waals surface area (Å²) in [6, 6.07) is 0. The fraction of sp³-hybridized carbons (Fsp3) is 0.769. The van der Waals surface area contributed by atoms with Gasteiger partial charge in [0.1, 0.15) is 12.2 Å². The van der Waals surface area contributed by atoms with Gasteiger partial charge < -0.3 is 24.6 Å². The van der Waals surface area contributed by atoms with Crippen LogP contribution in [-0.4, -0.2) is 66.3 Å². The smallest absolute Gasteiger partial charge is 0.457 e. The SMILES string of the molecule is CC/C=C\C/C=C\C/C=C\C/C=C\CCCCCCC(=O)OC(COCCCCCCCCCCCCC)COP(=O)(O)OCC(O)CO. The van der Waals surface area contributed by atoms with Crippen molar-refractivity contribution < 1.29 is 43.0 Å². The van der Waals surface area contributed by atoms with E-state index >= 15 is 0 Å². The van der Waals surface area contributed by atoms with Crippen LogP contribution >= 0.6 is 7.82 Å². The average Bonchev–Trinajstić information content (AvgIpc) is 3.09. The van der Waals surface area contributed by atoms with Gasteiger partial charge in [-0.2, -0.15) is 0 Å². The predicted octanol–water partition coefficient (Wildman–Crippen LogP) is 9.86. The zero-order chi connectivity index (χ0) is 36.1. The maximum atomic E-state index is 12.5. The predicted molar refractivity (Wildman–Crippen MR) is 200 cm³/mol. The van der Waals surface area contributed by atoms with E-state index in [9.17, 15) is 19.4 Å². The van der Waals surface area contributed by atoms with E-state index in [0.29, 0.717) is 13.0 Å². The first kappa shape index (κ1) is 47.4. The fourth-order valence-corrected chi connectivity index (χ4v) is 5.66. The van der Waals surface area contributed by atoms with Crippen LogP contribution in [0.25, 0.3) is 0 Å². The highest BCUT2D eigenvalue weighted by Gasteiger charge is 2.26. The van der Waals surface area contributed by atoms with Crippen molar-refractivity contribution in [2.45, 2.75) is 161 Å². The first-order valence-electron chi connectivity index (χ1n) is 19.1. The van der Waals surface area contributed by atoms with E-state index in [-0.39, 0.29) is 19.6 Å². The van der Waals surface area contributed by atoms with Crippen LogP contribution in [0.1, 0.15) is 149 Å². The third kappa shape index (κ3) is 36.0. The Kier molecular flexibility index (Phi) is 35.1. The topological polar surface area (TPSA) is 132 Å². The van der Waals surface area contributed by atoms with Crippen LogP contribution in [0.2, 0.25) is 0 Å². The number of hydrogen-bond donors (Lipinski definition) is 3. The highest BCUT2D eigenvalue weighted by molar-refractivity contribution is 7.47. The van der Waals surface area contributed by atoms with Gasteiger partial charge in [-0.25, -0.2) is 4.57 Å². The molecule has 0 aliphatic rings. The van der Waals surface area contributed by atoms with Gasteiger partial charge in [0, 0.05) is 13.0 Å². The summed E-state index contributed by atoms with van der Waals surface area (Å²) in [5, 5.41) is 18.3. The second kappa shape index (κ2) is 36.2. The van der Waals surface area contributed by atoms with Gasteiger partial charge >= 0.3 is 13.8 Å². The molecule has 0 saturated heterocycles. The molecule has 0 spiro atoms. The molecule has 3 N–H and O–H groups in total. The number of aliphatic hydroxyl groups excluding tert-OH is 2. The van der Waals surface area contributed by atoms with E-state index < -0.39 is 39.2 Å². The largest absolute Gasteiger partial charge is 0.472 e. The molecule has 0 heterocycles. The maximum absolute atomic E-state index is 12.5. The molecule has 0 amide bonds. The van der Waals surface area contributed by atoms with Crippen LogP contribution in [0.15, 0.2) is 48.6 Å². The lowest BCUT2D eigenvalue weighted by molar-refractivity contribution is -0.154. The summed E-state index contributed by atoms with van der Waals surface area (Å²) in [6.45, 7) is 3.35. The highest BCUT2D eigenvalue weighted by Crippen LogP contribution is 2.43. The van der Waals surface area contributed by atoms with Gasteiger partial charge in [-0.15, -0.1) is 0 Å². The first-order valence-corrected chi connectivity index (χ1v) is 20.6. The number of hydrogen-bond acceptors (Lipinski definition) is 8. The number of phosphoric ester groups is 1. The number of esters is 1. The Morgan fingerprint density at radius 1 is 0.653 bits per heavy atom. The molecule has 0 aliphatic heterocycles. The van der Waals surface area contributed by atoms with Crippen molar-refractivity contribution in [2.24, 2.45) is 0 Å². The Hall–Kier alpha value is -1.58. The third-order valence-corrected chi connectivity index (χ3v) is 8.73. The van der Waals surface area contributed by atoms with Crippen molar-refractivity contribution in [1.82, 2.24) is 0 Å². The van der Waals surface area contributed by atoms with Crippen LogP contribution in [0.3, 0.4) is 0 Å². The molecule has 0 rings (SSSR count). The number of aliphatic hydroxyl groups is 2. The molecule has 286 valence electrons. The summed E-state index contributed by atoms with van der Waals surface area (Å²) in [6.07, 6.45) is 37.8. The van der Waals surface area contributed by atoms with Gasteiger partial charge in [-0.05, 0) is 51.4 Å². The molecule has 3 unspecified atom stereocenters. The molecule has 0 fully saturated rings. The molecule has 0 bridgehead atoms. The maximum Gasteiger partial charge on any atom is 0.472 e. The Morgan fingerprint density at radius 3 is 1.76 bits per heavy atom. The molecule has 0 radical (unpaired) electrons. The van der Waals surface area contributed by atoms with Crippen molar-refractivity contribution in [3.63, 3.8) is 0 Å². The van der Waals surface area contributed by atoms with Crippen molar-refractivity contribution in [3.8, 4) is 0 Å². The van der Waals surface area contributed by atoms with Crippen LogP contribution in [0.4, 0.5) is 0 Å². The minimum absolute atomic E-state index is 0.0393. The third-order valence-electron chi connectivity index (χ3n) is 7.78. The average molecular weight is 715 g/mol. The summed E-state index contributed by atoms with van der Waals surface area (Å²) >= 11 is 0. The molecule has 0 aliphatic carbocycles. The number of ether oxygens (including phenoxy) is 2. The number of allylic oxidation sites excluding steroid dienone is 8. The number of phosphoric acid groups is 1. The molecule has 0 aromatic carbocycles. The summed E-state index contributed by atoms with van der Waals surface area (Å²) < 4.78 is 33.2. The van der Waals surface area contributed by atoms with Crippen LogP contribution in [0.5, 0.6) is 0 Å². The van der Waals surface area contributed by atoms with Gasteiger partial charge in [-0.3, -0.25) is 13.8 Å². The number of carbonyl (C=O) groups excluding carboxylic acids is 1. The second-order valence-corrected chi connectivity index (χ2v) is 14.0. The lowest BCUT2D eigenvalue weighted by atomic mass is 10.1. The van der Waals surface area contributed by atoms with Gasteiger partial charge in [0.2, 0.25) is 0 Å². The number of rotatable bonds is 36. The Labute approximate surface area is 298 Å². The Bertz CT molecular complexity index is 903. The quantitative estimate of drug-likeness (QED) is 0.0251. The van der Waals surface area contributed by atoms with E-state index in [1.165, 1.54) is 51.4 Å². The van der Waals surface area contributed by atoms with E-state index in [1.807, 2.05) is 0 Å². The molecular formula is C39H71O9P. The normalized spacial score (nSPS) is 14.8. The molecule has 9 nitrogen and oxygen atoms in total. The lowest BCUT2D eigenvalue weighted by Gasteiger charge is -2.20. The Morgan fingerprint density at radius 2 is 1.16 bits per heavy atom. The number of carbonyl (C=O) groups is 1. The molecule has 3 atom stereocenters. The Balaban J connectivity index is 4.28. The summed E-state index contributed by atoms with van der Waals surface area (Å²) in [5.74, 6) is -0.407. The van der Waals surface area contributed by atoms with Crippen molar-refractivity contribution in [2.75, 3.05) is 33.0 Å². The molecule has 0 saturated carbocycles. The first-order chi connectivity index (χ1) is 23.8.